The van der Waals surface area contributed by atoms with E-state index in [0.29, 0.717) is 12.2 Å². The molecule has 4 nitrogen and oxygen atoms in total. The zero-order valence-corrected chi connectivity index (χ0v) is 24.1. The quantitative estimate of drug-likeness (QED) is 0.113. The number of hydrogen-bond acceptors (Lipinski definition) is 4. The maximum Gasteiger partial charge on any atom is 0.311 e. The Morgan fingerprint density at radius 1 is 0.974 bits per heavy atom. The van der Waals surface area contributed by atoms with Gasteiger partial charge < -0.3 is 14.6 Å². The van der Waals surface area contributed by atoms with Crippen molar-refractivity contribution in [3.05, 3.63) is 65.9 Å². The van der Waals surface area contributed by atoms with Crippen LogP contribution >= 0.6 is 11.8 Å². The summed E-state index contributed by atoms with van der Waals surface area (Å²) in [6.45, 7) is 5.79. The molecular formula is C33H46N2O2S. The highest BCUT2D eigenvalue weighted by atomic mass is 32.2. The van der Waals surface area contributed by atoms with Gasteiger partial charge in [0.1, 0.15) is 5.75 Å². The number of piperidine rings is 1. The Hall–Kier alpha value is -2.24. The van der Waals surface area contributed by atoms with Crippen LogP contribution in [0.3, 0.4) is 0 Å². The minimum absolute atomic E-state index is 0.113. The fourth-order valence-electron chi connectivity index (χ4n) is 5.52. The molecule has 4 rings (SSSR count). The third-order valence-electron chi connectivity index (χ3n) is 7.87. The standard InChI is InChI=1S/C33H46N2O2S/c1-2-3-4-5-6-7-8-12-15-33(36)37-30-16-17-32-31(24-30)29(25-34-32)26-38-23-22-35-20-18-28(19-21-35)27-13-10-9-11-14-27/h9-11,13-14,16-17,24-25,28,34H,2-8,12,15,18-23,26H2,1H3. The Kier molecular flexibility index (Phi) is 12.1. The molecule has 1 fully saturated rings. The van der Waals surface area contributed by atoms with Crippen molar-refractivity contribution in [3.8, 4) is 5.75 Å². The highest BCUT2D eigenvalue weighted by Crippen LogP contribution is 2.29. The van der Waals surface area contributed by atoms with Gasteiger partial charge in [0.25, 0.3) is 0 Å². The fraction of sp³-hybridized carbons (Fsp3) is 0.545. The van der Waals surface area contributed by atoms with Gasteiger partial charge >= 0.3 is 5.97 Å². The maximum absolute atomic E-state index is 12.4. The van der Waals surface area contributed by atoms with Crippen LogP contribution in [-0.2, 0) is 10.5 Å². The molecule has 2 aromatic carbocycles. The molecule has 0 radical (unpaired) electrons. The molecule has 1 aliphatic heterocycles. The van der Waals surface area contributed by atoms with E-state index in [1.165, 1.54) is 81.0 Å². The molecule has 0 aliphatic carbocycles. The minimum atomic E-state index is -0.113. The largest absolute Gasteiger partial charge is 0.427 e. The molecule has 3 aromatic rings. The number of carbonyl (C=O) groups is 1. The van der Waals surface area contributed by atoms with Crippen molar-refractivity contribution in [2.45, 2.75) is 89.2 Å². The van der Waals surface area contributed by atoms with Gasteiger partial charge in [0.2, 0.25) is 0 Å². The highest BCUT2D eigenvalue weighted by Gasteiger charge is 2.20. The number of thioether (sulfide) groups is 1. The SMILES string of the molecule is CCCCCCCCCCC(=O)Oc1ccc2[nH]cc(CSCCN3CCC(c4ccccc4)CC3)c2c1. The van der Waals surface area contributed by atoms with Crippen LogP contribution in [0, 0.1) is 0 Å². The number of benzene rings is 2. The summed E-state index contributed by atoms with van der Waals surface area (Å²) in [7, 11) is 0. The molecule has 0 bridgehead atoms. The maximum atomic E-state index is 12.4. The van der Waals surface area contributed by atoms with Crippen molar-refractivity contribution in [3.63, 3.8) is 0 Å². The van der Waals surface area contributed by atoms with Crippen molar-refractivity contribution in [2.75, 3.05) is 25.4 Å². The molecule has 1 aliphatic rings. The fourth-order valence-corrected chi connectivity index (χ4v) is 6.51. The number of nitrogens with zero attached hydrogens (tertiary/aromatic N) is 1. The summed E-state index contributed by atoms with van der Waals surface area (Å²) in [5.41, 5.74) is 3.89. The van der Waals surface area contributed by atoms with Gasteiger partial charge in [0, 0.05) is 41.6 Å². The first-order chi connectivity index (χ1) is 18.7. The second-order valence-corrected chi connectivity index (χ2v) is 11.9. The summed E-state index contributed by atoms with van der Waals surface area (Å²) >= 11 is 1.99. The molecule has 38 heavy (non-hydrogen) atoms. The zero-order valence-electron chi connectivity index (χ0n) is 23.3. The minimum Gasteiger partial charge on any atom is -0.427 e. The van der Waals surface area contributed by atoms with Crippen molar-refractivity contribution in [2.24, 2.45) is 0 Å². The number of H-pyrrole nitrogens is 1. The number of aromatic nitrogens is 1. The number of esters is 1. The molecule has 0 unspecified atom stereocenters. The summed E-state index contributed by atoms with van der Waals surface area (Å²) in [6, 6.07) is 16.9. The first kappa shape index (κ1) is 28.8. The monoisotopic (exact) mass is 534 g/mol. The smallest absolute Gasteiger partial charge is 0.311 e. The number of nitrogens with one attached hydrogen (secondary N) is 1. The first-order valence-electron chi connectivity index (χ1n) is 14.9. The lowest BCUT2D eigenvalue weighted by Gasteiger charge is -2.32. The van der Waals surface area contributed by atoms with Crippen LogP contribution in [0.15, 0.2) is 54.7 Å². The molecule has 1 saturated heterocycles. The molecule has 206 valence electrons. The number of rotatable bonds is 16. The Morgan fingerprint density at radius 3 is 2.47 bits per heavy atom. The van der Waals surface area contributed by atoms with Crippen LogP contribution in [-0.4, -0.2) is 41.2 Å². The summed E-state index contributed by atoms with van der Waals surface area (Å²) in [4.78, 5) is 18.4. The van der Waals surface area contributed by atoms with E-state index in [9.17, 15) is 4.79 Å². The van der Waals surface area contributed by atoms with Gasteiger partial charge in [0.15, 0.2) is 0 Å². The molecule has 2 heterocycles. The van der Waals surface area contributed by atoms with E-state index in [-0.39, 0.29) is 5.97 Å². The predicted octanol–water partition coefficient (Wildman–Crippen LogP) is 8.72. The van der Waals surface area contributed by atoms with Crippen LogP contribution in [0.4, 0.5) is 0 Å². The molecule has 1 N–H and O–H groups in total. The van der Waals surface area contributed by atoms with Crippen LogP contribution in [0.2, 0.25) is 0 Å². The zero-order chi connectivity index (χ0) is 26.4. The predicted molar refractivity (Wildman–Crippen MR) is 162 cm³/mol. The van der Waals surface area contributed by atoms with Gasteiger partial charge in [-0.05, 0) is 67.6 Å². The third-order valence-corrected chi connectivity index (χ3v) is 8.86. The average Bonchev–Trinajstić information content (AvgIpc) is 3.35. The number of hydrogen-bond donors (Lipinski definition) is 1. The Labute approximate surface area is 233 Å². The summed E-state index contributed by atoms with van der Waals surface area (Å²) < 4.78 is 5.69. The van der Waals surface area contributed by atoms with E-state index in [4.69, 9.17) is 4.74 Å². The Bertz CT molecular complexity index is 1090. The molecule has 0 saturated carbocycles. The number of aromatic amines is 1. The highest BCUT2D eigenvalue weighted by molar-refractivity contribution is 7.98. The summed E-state index contributed by atoms with van der Waals surface area (Å²) in [5.74, 6) is 3.37. The second kappa shape index (κ2) is 16.0. The van der Waals surface area contributed by atoms with Gasteiger partial charge in [-0.2, -0.15) is 11.8 Å². The number of likely N-dealkylation sites (tertiary alicyclic amines) is 1. The number of fused-ring (bicyclic) bond motifs is 1. The van der Waals surface area contributed by atoms with E-state index < -0.39 is 0 Å². The number of ether oxygens (including phenoxy) is 1. The van der Waals surface area contributed by atoms with Gasteiger partial charge in [-0.15, -0.1) is 0 Å². The van der Waals surface area contributed by atoms with E-state index in [1.54, 1.807) is 0 Å². The average molecular weight is 535 g/mol. The molecular weight excluding hydrogens is 488 g/mol. The van der Waals surface area contributed by atoms with E-state index >= 15 is 0 Å². The first-order valence-corrected chi connectivity index (χ1v) is 16.0. The lowest BCUT2D eigenvalue weighted by atomic mass is 9.89. The third kappa shape index (κ3) is 9.20. The summed E-state index contributed by atoms with van der Waals surface area (Å²) in [6.07, 6.45) is 15.0. The second-order valence-electron chi connectivity index (χ2n) is 10.8. The van der Waals surface area contributed by atoms with Crippen molar-refractivity contribution in [1.29, 1.82) is 0 Å². The Balaban J connectivity index is 1.14. The van der Waals surface area contributed by atoms with Gasteiger partial charge in [-0.3, -0.25) is 4.79 Å². The van der Waals surface area contributed by atoms with Crippen LogP contribution < -0.4 is 4.74 Å². The molecule has 0 atom stereocenters. The van der Waals surface area contributed by atoms with Crippen molar-refractivity contribution >= 4 is 28.6 Å². The van der Waals surface area contributed by atoms with Gasteiger partial charge in [-0.25, -0.2) is 0 Å². The molecule has 1 aromatic heterocycles. The summed E-state index contributed by atoms with van der Waals surface area (Å²) in [5, 5.41) is 1.17. The van der Waals surface area contributed by atoms with Crippen molar-refractivity contribution in [1.82, 2.24) is 9.88 Å². The Morgan fingerprint density at radius 2 is 1.71 bits per heavy atom. The molecule has 5 heteroatoms. The van der Waals surface area contributed by atoms with Gasteiger partial charge in [-0.1, -0.05) is 82.2 Å². The lowest BCUT2D eigenvalue weighted by molar-refractivity contribution is -0.134. The number of unbranched alkanes of at least 4 members (excludes halogenated alkanes) is 7. The lowest BCUT2D eigenvalue weighted by Crippen LogP contribution is -2.34. The molecule has 0 spiro atoms. The van der Waals surface area contributed by atoms with Crippen LogP contribution in [0.5, 0.6) is 5.75 Å². The van der Waals surface area contributed by atoms with Crippen LogP contribution in [0.1, 0.15) is 94.6 Å². The topological polar surface area (TPSA) is 45.3 Å². The van der Waals surface area contributed by atoms with E-state index in [0.717, 1.165) is 42.3 Å². The van der Waals surface area contributed by atoms with E-state index in [2.05, 4.69) is 53.3 Å². The van der Waals surface area contributed by atoms with Crippen LogP contribution in [0.25, 0.3) is 10.9 Å². The van der Waals surface area contributed by atoms with Crippen molar-refractivity contribution < 1.29 is 9.53 Å². The molecule has 0 amide bonds. The normalized spacial score (nSPS) is 14.8. The van der Waals surface area contributed by atoms with Gasteiger partial charge in [0.05, 0.1) is 0 Å². The number of carbonyl (C=O) groups excluding carboxylic acids is 1. The van der Waals surface area contributed by atoms with E-state index in [1.807, 2.05) is 30.0 Å².